The number of piperidine rings is 1. The van der Waals surface area contributed by atoms with Crippen molar-refractivity contribution in [3.8, 4) is 0 Å². The number of nitrogens with zero attached hydrogens (tertiary/aromatic N) is 2. The van der Waals surface area contributed by atoms with Crippen LogP contribution in [0.2, 0.25) is 5.02 Å². The van der Waals surface area contributed by atoms with Crippen molar-refractivity contribution in [3.05, 3.63) is 52.3 Å². The molecule has 1 saturated heterocycles. The van der Waals surface area contributed by atoms with E-state index >= 15 is 0 Å². The van der Waals surface area contributed by atoms with Gasteiger partial charge in [0.25, 0.3) is 0 Å². The van der Waals surface area contributed by atoms with E-state index in [4.69, 9.17) is 11.6 Å². The molecule has 0 spiro atoms. The van der Waals surface area contributed by atoms with Gasteiger partial charge >= 0.3 is 0 Å². The molecule has 2 fully saturated rings. The molecule has 1 aromatic heterocycles. The summed E-state index contributed by atoms with van der Waals surface area (Å²) in [5, 5.41) is 11.6. The van der Waals surface area contributed by atoms with Gasteiger partial charge in [0.05, 0.1) is 11.1 Å². The molecule has 1 aliphatic carbocycles. The zero-order chi connectivity index (χ0) is 21.1. The van der Waals surface area contributed by atoms with Crippen LogP contribution in [0.3, 0.4) is 0 Å². The molecular weight excluding hydrogens is 396 g/mol. The number of aromatic amines is 1. The largest absolute Gasteiger partial charge is 0.355 e. The first kappa shape index (κ1) is 21.4. The van der Waals surface area contributed by atoms with E-state index in [1.807, 2.05) is 24.3 Å². The van der Waals surface area contributed by atoms with Gasteiger partial charge in [0.1, 0.15) is 0 Å². The second-order valence-corrected chi connectivity index (χ2v) is 9.96. The molecular formula is C24H33ClN4O. The third kappa shape index (κ3) is 5.06. The third-order valence-electron chi connectivity index (χ3n) is 6.43. The first-order valence-electron chi connectivity index (χ1n) is 11.2. The van der Waals surface area contributed by atoms with Crippen molar-refractivity contribution in [1.29, 1.82) is 0 Å². The summed E-state index contributed by atoms with van der Waals surface area (Å²) in [6.07, 6.45) is 5.22. The van der Waals surface area contributed by atoms with Crippen LogP contribution in [-0.4, -0.2) is 40.6 Å². The molecule has 2 N–H and O–H groups in total. The van der Waals surface area contributed by atoms with Crippen molar-refractivity contribution in [2.24, 2.45) is 11.8 Å². The summed E-state index contributed by atoms with van der Waals surface area (Å²) in [6.45, 7) is 8.23. The lowest BCUT2D eigenvalue weighted by molar-refractivity contribution is -0.123. The Balaban J connectivity index is 1.27. The van der Waals surface area contributed by atoms with Crippen LogP contribution in [0.1, 0.15) is 56.5 Å². The van der Waals surface area contributed by atoms with Crippen LogP contribution < -0.4 is 5.32 Å². The minimum atomic E-state index is -0.332. The number of halogens is 1. The maximum Gasteiger partial charge on any atom is 0.230 e. The molecule has 1 amide bonds. The highest BCUT2D eigenvalue weighted by molar-refractivity contribution is 6.30. The van der Waals surface area contributed by atoms with E-state index in [0.717, 1.165) is 56.7 Å². The summed E-state index contributed by atoms with van der Waals surface area (Å²) < 4.78 is 0. The minimum absolute atomic E-state index is 0.175. The van der Waals surface area contributed by atoms with Crippen molar-refractivity contribution < 1.29 is 4.79 Å². The predicted molar refractivity (Wildman–Crippen MR) is 121 cm³/mol. The molecule has 162 valence electrons. The zero-order valence-electron chi connectivity index (χ0n) is 18.1. The molecule has 1 aliphatic heterocycles. The smallest absolute Gasteiger partial charge is 0.230 e. The molecule has 1 aromatic carbocycles. The van der Waals surface area contributed by atoms with Crippen molar-refractivity contribution in [1.82, 2.24) is 20.4 Å². The van der Waals surface area contributed by atoms with E-state index in [0.29, 0.717) is 16.9 Å². The van der Waals surface area contributed by atoms with Gasteiger partial charge in [-0.25, -0.2) is 0 Å². The monoisotopic (exact) mass is 428 g/mol. The van der Waals surface area contributed by atoms with Gasteiger partial charge in [-0.3, -0.25) is 14.8 Å². The number of H-pyrrole nitrogens is 1. The number of hydrogen-bond donors (Lipinski definition) is 2. The SMILES string of the molecule is CC(C)Cc1cc(CN2CCC[C@@H](CNC(=O)C3(c4ccc(Cl)cc4)CC3)C2)[nH]n1. The first-order valence-corrected chi connectivity index (χ1v) is 11.6. The molecule has 30 heavy (non-hydrogen) atoms. The number of benzene rings is 1. The van der Waals surface area contributed by atoms with Crippen LogP contribution in [0.4, 0.5) is 0 Å². The molecule has 5 nitrogen and oxygen atoms in total. The summed E-state index contributed by atoms with van der Waals surface area (Å²) in [4.78, 5) is 15.4. The van der Waals surface area contributed by atoms with Crippen LogP contribution >= 0.6 is 11.6 Å². The first-order chi connectivity index (χ1) is 14.4. The summed E-state index contributed by atoms with van der Waals surface area (Å²) >= 11 is 6.01. The van der Waals surface area contributed by atoms with Gasteiger partial charge < -0.3 is 5.32 Å². The molecule has 1 atom stereocenters. The Kier molecular flexibility index (Phi) is 6.49. The highest BCUT2D eigenvalue weighted by Crippen LogP contribution is 2.48. The highest BCUT2D eigenvalue weighted by Gasteiger charge is 2.51. The van der Waals surface area contributed by atoms with E-state index in [2.05, 4.69) is 40.3 Å². The number of amides is 1. The highest BCUT2D eigenvalue weighted by atomic mass is 35.5. The van der Waals surface area contributed by atoms with Crippen molar-refractivity contribution in [2.45, 2.75) is 57.9 Å². The van der Waals surface area contributed by atoms with E-state index in [1.54, 1.807) is 0 Å². The number of hydrogen-bond acceptors (Lipinski definition) is 3. The standard InChI is InChI=1S/C24H33ClN4O/c1-17(2)12-21-13-22(28-27-21)16-29-11-3-4-18(15-29)14-26-23(30)24(9-10-24)19-5-7-20(25)8-6-19/h5-8,13,17-18H,3-4,9-12,14-16H2,1-2H3,(H,26,30)(H,27,28)/t18-/m0/s1. The molecule has 6 heteroatoms. The minimum Gasteiger partial charge on any atom is -0.355 e. The maximum absolute atomic E-state index is 12.9. The fraction of sp³-hybridized carbons (Fsp3) is 0.583. The molecule has 2 heterocycles. The van der Waals surface area contributed by atoms with Crippen molar-refractivity contribution >= 4 is 17.5 Å². The Labute approximate surface area is 184 Å². The van der Waals surface area contributed by atoms with Crippen LogP contribution in [-0.2, 0) is 23.2 Å². The fourth-order valence-electron chi connectivity index (χ4n) is 4.66. The van der Waals surface area contributed by atoms with Crippen molar-refractivity contribution in [3.63, 3.8) is 0 Å². The average molecular weight is 429 g/mol. The quantitative estimate of drug-likeness (QED) is 0.658. The molecule has 4 rings (SSSR count). The molecule has 0 radical (unpaired) electrons. The molecule has 0 bridgehead atoms. The summed E-state index contributed by atoms with van der Waals surface area (Å²) in [5.41, 5.74) is 3.10. The maximum atomic E-state index is 12.9. The van der Waals surface area contributed by atoms with Gasteiger partial charge in [-0.2, -0.15) is 5.10 Å². The number of aromatic nitrogens is 2. The van der Waals surface area contributed by atoms with Crippen LogP contribution in [0.5, 0.6) is 0 Å². The second kappa shape index (κ2) is 9.11. The van der Waals surface area contributed by atoms with Gasteiger partial charge in [-0.15, -0.1) is 0 Å². The fourth-order valence-corrected chi connectivity index (χ4v) is 4.79. The summed E-state index contributed by atoms with van der Waals surface area (Å²) in [6, 6.07) is 9.95. The van der Waals surface area contributed by atoms with Crippen LogP contribution in [0.25, 0.3) is 0 Å². The number of carbonyl (C=O) groups excluding carboxylic acids is 1. The van der Waals surface area contributed by atoms with Crippen LogP contribution in [0.15, 0.2) is 30.3 Å². The lowest BCUT2D eigenvalue weighted by atomic mass is 9.93. The lowest BCUT2D eigenvalue weighted by Gasteiger charge is -2.32. The number of likely N-dealkylation sites (tertiary alicyclic amines) is 1. The summed E-state index contributed by atoms with van der Waals surface area (Å²) in [5.74, 6) is 1.29. The van der Waals surface area contributed by atoms with E-state index in [9.17, 15) is 4.79 Å². The van der Waals surface area contributed by atoms with Gasteiger partial charge in [-0.1, -0.05) is 37.6 Å². The van der Waals surface area contributed by atoms with Gasteiger partial charge in [0.15, 0.2) is 0 Å². The topological polar surface area (TPSA) is 61.0 Å². The number of nitrogens with one attached hydrogen (secondary N) is 2. The van der Waals surface area contributed by atoms with Gasteiger partial charge in [0.2, 0.25) is 5.91 Å². The molecule has 1 saturated carbocycles. The Hall–Kier alpha value is -1.85. The Morgan fingerprint density at radius 1 is 1.33 bits per heavy atom. The van der Waals surface area contributed by atoms with E-state index in [1.165, 1.54) is 18.5 Å². The molecule has 0 unspecified atom stereocenters. The predicted octanol–water partition coefficient (Wildman–Crippen LogP) is 4.32. The van der Waals surface area contributed by atoms with E-state index in [-0.39, 0.29) is 11.3 Å². The lowest BCUT2D eigenvalue weighted by Crippen LogP contribution is -2.43. The third-order valence-corrected chi connectivity index (χ3v) is 6.68. The summed E-state index contributed by atoms with van der Waals surface area (Å²) in [7, 11) is 0. The Morgan fingerprint density at radius 2 is 2.10 bits per heavy atom. The Morgan fingerprint density at radius 3 is 2.80 bits per heavy atom. The number of carbonyl (C=O) groups is 1. The second-order valence-electron chi connectivity index (χ2n) is 9.52. The van der Waals surface area contributed by atoms with Crippen LogP contribution in [0, 0.1) is 11.8 Å². The normalized spacial score (nSPS) is 21.0. The van der Waals surface area contributed by atoms with Gasteiger partial charge in [0, 0.05) is 30.4 Å². The van der Waals surface area contributed by atoms with E-state index < -0.39 is 0 Å². The van der Waals surface area contributed by atoms with Gasteiger partial charge in [-0.05, 0) is 74.2 Å². The average Bonchev–Trinajstić information content (AvgIpc) is 3.42. The zero-order valence-corrected chi connectivity index (χ0v) is 18.8. The Bertz CT molecular complexity index is 856. The molecule has 2 aliphatic rings. The van der Waals surface area contributed by atoms with Crippen molar-refractivity contribution in [2.75, 3.05) is 19.6 Å². The number of rotatable bonds is 8. The molecule has 2 aromatic rings.